The first-order valence-corrected chi connectivity index (χ1v) is 3.49. The Kier molecular flexibility index (Phi) is 1.43. The van der Waals surface area contributed by atoms with Crippen molar-refractivity contribution in [3.63, 3.8) is 0 Å². The van der Waals surface area contributed by atoms with Gasteiger partial charge in [-0.05, 0) is 6.08 Å². The molecular weight excluding hydrogens is 142 g/mol. The molecule has 2 N–H and O–H groups in total. The second-order valence-electron chi connectivity index (χ2n) is 2.53. The quantitative estimate of drug-likeness (QED) is 0.565. The van der Waals surface area contributed by atoms with E-state index in [2.05, 4.69) is 5.32 Å². The summed E-state index contributed by atoms with van der Waals surface area (Å²) in [6, 6.07) is 0. The Labute approximate surface area is 64.7 Å². The molecule has 2 heterocycles. The Bertz CT molecular complexity index is 263. The van der Waals surface area contributed by atoms with E-state index in [0.717, 1.165) is 16.8 Å². The number of nitrogens with one attached hydrogen (secondary N) is 1. The minimum absolute atomic E-state index is 0.0428. The van der Waals surface area contributed by atoms with Crippen LogP contribution in [0.25, 0.3) is 0 Å². The van der Waals surface area contributed by atoms with Crippen LogP contribution < -0.4 is 5.32 Å². The molecule has 0 saturated carbocycles. The molecule has 58 valence electrons. The van der Waals surface area contributed by atoms with Crippen LogP contribution in [0.3, 0.4) is 0 Å². The van der Waals surface area contributed by atoms with E-state index in [1.54, 1.807) is 6.26 Å². The molecule has 0 unspecified atom stereocenters. The van der Waals surface area contributed by atoms with Crippen LogP contribution in [0.4, 0.5) is 0 Å². The van der Waals surface area contributed by atoms with Gasteiger partial charge < -0.3 is 15.2 Å². The molecule has 2 aliphatic rings. The van der Waals surface area contributed by atoms with Gasteiger partial charge in [0.25, 0.3) is 0 Å². The third kappa shape index (κ3) is 1.03. The second-order valence-corrected chi connectivity index (χ2v) is 2.53. The van der Waals surface area contributed by atoms with Gasteiger partial charge in [0.15, 0.2) is 0 Å². The molecule has 11 heavy (non-hydrogen) atoms. The van der Waals surface area contributed by atoms with Crippen molar-refractivity contribution in [3.05, 3.63) is 35.4 Å². The predicted octanol–water partition coefficient (Wildman–Crippen LogP) is 0.264. The molecule has 0 amide bonds. The van der Waals surface area contributed by atoms with E-state index in [0.29, 0.717) is 6.61 Å². The van der Waals surface area contributed by atoms with E-state index in [4.69, 9.17) is 9.84 Å². The second kappa shape index (κ2) is 2.43. The molecule has 3 nitrogen and oxygen atoms in total. The molecule has 0 radical (unpaired) electrons. The van der Waals surface area contributed by atoms with Gasteiger partial charge in [0.05, 0.1) is 12.9 Å². The topological polar surface area (TPSA) is 41.5 Å². The van der Waals surface area contributed by atoms with Gasteiger partial charge in [-0.25, -0.2) is 0 Å². The van der Waals surface area contributed by atoms with Crippen LogP contribution in [0.15, 0.2) is 35.4 Å². The minimum Gasteiger partial charge on any atom is -0.496 e. The van der Waals surface area contributed by atoms with Crippen molar-refractivity contribution in [2.45, 2.75) is 0 Å². The van der Waals surface area contributed by atoms with Crippen LogP contribution in [0.5, 0.6) is 0 Å². The zero-order chi connectivity index (χ0) is 7.68. The zero-order valence-corrected chi connectivity index (χ0v) is 6.00. The van der Waals surface area contributed by atoms with Crippen LogP contribution in [0.1, 0.15) is 0 Å². The van der Waals surface area contributed by atoms with E-state index in [1.165, 1.54) is 0 Å². The predicted molar refractivity (Wildman–Crippen MR) is 40.4 cm³/mol. The summed E-state index contributed by atoms with van der Waals surface area (Å²) >= 11 is 0. The largest absolute Gasteiger partial charge is 0.496 e. The molecule has 0 fully saturated rings. The lowest BCUT2D eigenvalue weighted by Gasteiger charge is -2.10. The molecule has 0 aliphatic carbocycles. The summed E-state index contributed by atoms with van der Waals surface area (Å²) in [5.74, 6) is 0. The van der Waals surface area contributed by atoms with E-state index < -0.39 is 0 Å². The minimum atomic E-state index is 0.0428. The third-order valence-electron chi connectivity index (χ3n) is 1.75. The molecular formula is C8H9NO2. The molecule has 0 spiro atoms. The average molecular weight is 151 g/mol. The highest BCUT2D eigenvalue weighted by Crippen LogP contribution is 2.22. The number of allylic oxidation sites excluding steroid dienone is 1. The summed E-state index contributed by atoms with van der Waals surface area (Å²) in [4.78, 5) is 0. The van der Waals surface area contributed by atoms with Crippen LogP contribution >= 0.6 is 0 Å². The van der Waals surface area contributed by atoms with Gasteiger partial charge in [0.1, 0.15) is 6.61 Å². The van der Waals surface area contributed by atoms with Crippen molar-refractivity contribution in [3.8, 4) is 0 Å². The SMILES string of the molecule is OCC1=CC2=COCC2=CN1. The van der Waals surface area contributed by atoms with E-state index >= 15 is 0 Å². The number of hydrogen-bond acceptors (Lipinski definition) is 3. The lowest BCUT2D eigenvalue weighted by atomic mass is 10.1. The Morgan fingerprint density at radius 1 is 1.64 bits per heavy atom. The first-order valence-electron chi connectivity index (χ1n) is 3.49. The fourth-order valence-corrected chi connectivity index (χ4v) is 1.13. The number of dihydropyridines is 1. The zero-order valence-electron chi connectivity index (χ0n) is 6.00. The average Bonchev–Trinajstić information content (AvgIpc) is 2.50. The summed E-state index contributed by atoms with van der Waals surface area (Å²) in [6.45, 7) is 0.679. The molecule has 0 aromatic rings. The van der Waals surface area contributed by atoms with Crippen LogP contribution in [0, 0.1) is 0 Å². The van der Waals surface area contributed by atoms with Crippen molar-refractivity contribution in [2.75, 3.05) is 13.2 Å². The van der Waals surface area contributed by atoms with Gasteiger partial charge in [0, 0.05) is 23.0 Å². The van der Waals surface area contributed by atoms with Gasteiger partial charge >= 0.3 is 0 Å². The number of ether oxygens (including phenoxy) is 1. The van der Waals surface area contributed by atoms with Crippen molar-refractivity contribution >= 4 is 0 Å². The fraction of sp³-hybridized carbons (Fsp3) is 0.250. The summed E-state index contributed by atoms with van der Waals surface area (Å²) in [7, 11) is 0. The molecule has 0 atom stereocenters. The molecule has 2 rings (SSSR count). The highest BCUT2D eigenvalue weighted by molar-refractivity contribution is 5.46. The van der Waals surface area contributed by atoms with E-state index in [-0.39, 0.29) is 6.61 Å². The first-order chi connectivity index (χ1) is 5.40. The number of hydrogen-bond donors (Lipinski definition) is 2. The smallest absolute Gasteiger partial charge is 0.115 e. The third-order valence-corrected chi connectivity index (χ3v) is 1.75. The van der Waals surface area contributed by atoms with Gasteiger partial charge in [-0.2, -0.15) is 0 Å². The van der Waals surface area contributed by atoms with Gasteiger partial charge in [-0.3, -0.25) is 0 Å². The maximum absolute atomic E-state index is 8.78. The highest BCUT2D eigenvalue weighted by Gasteiger charge is 2.14. The molecule has 0 aromatic heterocycles. The van der Waals surface area contributed by atoms with Crippen molar-refractivity contribution in [1.29, 1.82) is 0 Å². The summed E-state index contributed by atoms with van der Waals surface area (Å²) in [5.41, 5.74) is 3.01. The molecule has 2 aliphatic heterocycles. The van der Waals surface area contributed by atoms with Crippen molar-refractivity contribution in [2.24, 2.45) is 0 Å². The standard InChI is InChI=1S/C8H9NO2/c10-3-8-1-6-4-11-5-7(6)2-9-8/h1-2,4,9-10H,3,5H2. The first kappa shape index (κ1) is 6.49. The Hall–Kier alpha value is -1.22. The summed E-state index contributed by atoms with van der Waals surface area (Å²) in [5, 5.41) is 11.8. The molecule has 3 heteroatoms. The van der Waals surface area contributed by atoms with E-state index in [9.17, 15) is 0 Å². The van der Waals surface area contributed by atoms with Crippen molar-refractivity contribution < 1.29 is 9.84 Å². The number of rotatable bonds is 1. The van der Waals surface area contributed by atoms with Gasteiger partial charge in [-0.1, -0.05) is 0 Å². The van der Waals surface area contributed by atoms with E-state index in [1.807, 2.05) is 12.3 Å². The fourth-order valence-electron chi connectivity index (χ4n) is 1.13. The summed E-state index contributed by atoms with van der Waals surface area (Å²) in [6.07, 6.45) is 5.47. The molecule has 0 aromatic carbocycles. The van der Waals surface area contributed by atoms with Crippen LogP contribution in [-0.2, 0) is 4.74 Å². The van der Waals surface area contributed by atoms with Gasteiger partial charge in [-0.15, -0.1) is 0 Å². The number of fused-ring (bicyclic) bond motifs is 1. The molecule has 0 bridgehead atoms. The highest BCUT2D eigenvalue weighted by atomic mass is 16.5. The summed E-state index contributed by atoms with van der Waals surface area (Å²) < 4.78 is 5.09. The van der Waals surface area contributed by atoms with Crippen LogP contribution in [-0.4, -0.2) is 18.3 Å². The van der Waals surface area contributed by atoms with Crippen molar-refractivity contribution in [1.82, 2.24) is 5.32 Å². The molecule has 0 saturated heterocycles. The Morgan fingerprint density at radius 2 is 2.55 bits per heavy atom. The maximum Gasteiger partial charge on any atom is 0.115 e. The number of aliphatic hydroxyl groups excluding tert-OH is 1. The Balaban J connectivity index is 2.26. The number of aliphatic hydroxyl groups is 1. The normalized spacial score (nSPS) is 20.6. The monoisotopic (exact) mass is 151 g/mol. The maximum atomic E-state index is 8.78. The lowest BCUT2D eigenvalue weighted by Crippen LogP contribution is -2.14. The lowest BCUT2D eigenvalue weighted by molar-refractivity contribution is 0.301. The van der Waals surface area contributed by atoms with Gasteiger partial charge in [0.2, 0.25) is 0 Å². The van der Waals surface area contributed by atoms with Crippen LogP contribution in [0.2, 0.25) is 0 Å². The Morgan fingerprint density at radius 3 is 3.36 bits per heavy atom.